The molecule has 0 unspecified atom stereocenters. The molecule has 3 rings (SSSR count). The Balaban J connectivity index is 1.79. The molecular formula is C15H12BrFN4O2S. The van der Waals surface area contributed by atoms with E-state index in [1.165, 1.54) is 6.07 Å². The van der Waals surface area contributed by atoms with Gasteiger partial charge >= 0.3 is 0 Å². The Bertz CT molecular complexity index is 961. The molecule has 24 heavy (non-hydrogen) atoms. The summed E-state index contributed by atoms with van der Waals surface area (Å²) in [7, 11) is -3.78. The molecule has 0 aliphatic rings. The minimum Gasteiger partial charge on any atom is -0.237 e. The van der Waals surface area contributed by atoms with E-state index in [0.29, 0.717) is 5.82 Å². The van der Waals surface area contributed by atoms with Gasteiger partial charge in [-0.15, -0.1) is 0 Å². The number of sulfonamides is 1. The van der Waals surface area contributed by atoms with Gasteiger partial charge in [0.05, 0.1) is 4.90 Å². The number of aromatic nitrogens is 3. The van der Waals surface area contributed by atoms with Crippen LogP contribution in [0.2, 0.25) is 0 Å². The molecule has 9 heteroatoms. The number of hydrogen-bond donors (Lipinski definition) is 1. The first-order valence-electron chi connectivity index (χ1n) is 6.85. The number of rotatable bonds is 5. The summed E-state index contributed by atoms with van der Waals surface area (Å²) in [5, 5.41) is 4.08. The van der Waals surface area contributed by atoms with Crippen molar-refractivity contribution in [2.75, 3.05) is 0 Å². The first kappa shape index (κ1) is 16.7. The van der Waals surface area contributed by atoms with Gasteiger partial charge in [-0.2, -0.15) is 5.10 Å². The molecule has 1 N–H and O–H groups in total. The van der Waals surface area contributed by atoms with Gasteiger partial charge in [0.2, 0.25) is 10.0 Å². The zero-order valence-corrected chi connectivity index (χ0v) is 14.6. The van der Waals surface area contributed by atoms with E-state index >= 15 is 0 Å². The van der Waals surface area contributed by atoms with Gasteiger partial charge in [-0.3, -0.25) is 0 Å². The summed E-state index contributed by atoms with van der Waals surface area (Å²) in [4.78, 5) is 4.16. The van der Waals surface area contributed by atoms with Gasteiger partial charge in [0.1, 0.15) is 5.82 Å². The fourth-order valence-corrected chi connectivity index (χ4v) is 4.11. The second-order valence-corrected chi connectivity index (χ2v) is 7.46. The third-order valence-electron chi connectivity index (χ3n) is 3.20. The van der Waals surface area contributed by atoms with Gasteiger partial charge in [-0.05, 0) is 57.9 Å². The number of benzene rings is 1. The minimum absolute atomic E-state index is 0.0229. The van der Waals surface area contributed by atoms with E-state index in [2.05, 4.69) is 30.7 Å². The molecule has 0 bridgehead atoms. The molecule has 0 saturated heterocycles. The van der Waals surface area contributed by atoms with Crippen molar-refractivity contribution in [3.63, 3.8) is 0 Å². The lowest BCUT2D eigenvalue weighted by molar-refractivity contribution is 0.579. The normalized spacial score (nSPS) is 11.6. The van der Waals surface area contributed by atoms with Crippen LogP contribution in [-0.4, -0.2) is 23.2 Å². The zero-order chi connectivity index (χ0) is 17.2. The SMILES string of the molecule is O=S(=O)(NCc1ccnc(-n2cccn2)c1)c1ccc(F)cc1Br. The molecule has 2 heterocycles. The molecule has 0 aliphatic heterocycles. The summed E-state index contributed by atoms with van der Waals surface area (Å²) < 4.78 is 42.0. The molecule has 3 aromatic rings. The van der Waals surface area contributed by atoms with Gasteiger partial charge < -0.3 is 0 Å². The average Bonchev–Trinajstić information content (AvgIpc) is 3.07. The standard InChI is InChI=1S/C15H12BrFN4O2S/c16-13-9-12(17)2-3-14(13)24(22,23)20-10-11-4-6-18-15(8-11)21-7-1-5-19-21/h1-9,20H,10H2. The number of halogens is 2. The van der Waals surface area contributed by atoms with E-state index in [9.17, 15) is 12.8 Å². The van der Waals surface area contributed by atoms with Gasteiger partial charge in [0, 0.05) is 29.6 Å². The maximum Gasteiger partial charge on any atom is 0.241 e. The van der Waals surface area contributed by atoms with Crippen molar-refractivity contribution >= 4 is 26.0 Å². The zero-order valence-electron chi connectivity index (χ0n) is 12.2. The van der Waals surface area contributed by atoms with E-state index in [1.807, 2.05) is 0 Å². The summed E-state index contributed by atoms with van der Waals surface area (Å²) >= 11 is 3.07. The number of nitrogens with one attached hydrogen (secondary N) is 1. The number of nitrogens with zero attached hydrogens (tertiary/aromatic N) is 3. The van der Waals surface area contributed by atoms with Crippen LogP contribution in [0.1, 0.15) is 5.56 Å². The lowest BCUT2D eigenvalue weighted by Crippen LogP contribution is -2.23. The molecule has 0 aliphatic carbocycles. The van der Waals surface area contributed by atoms with E-state index in [-0.39, 0.29) is 15.9 Å². The van der Waals surface area contributed by atoms with E-state index in [1.54, 1.807) is 41.5 Å². The van der Waals surface area contributed by atoms with Crippen molar-refractivity contribution in [3.8, 4) is 5.82 Å². The van der Waals surface area contributed by atoms with Crippen molar-refractivity contribution in [3.05, 3.63) is 70.8 Å². The van der Waals surface area contributed by atoms with Crippen molar-refractivity contribution in [2.24, 2.45) is 0 Å². The fraction of sp³-hybridized carbons (Fsp3) is 0.0667. The molecule has 0 atom stereocenters. The summed E-state index contributed by atoms with van der Waals surface area (Å²) in [6.07, 6.45) is 4.95. The maximum absolute atomic E-state index is 13.1. The Morgan fingerprint density at radius 2 is 2.04 bits per heavy atom. The fourth-order valence-electron chi connectivity index (χ4n) is 2.05. The van der Waals surface area contributed by atoms with Crippen molar-refractivity contribution in [1.82, 2.24) is 19.5 Å². The minimum atomic E-state index is -3.78. The highest BCUT2D eigenvalue weighted by molar-refractivity contribution is 9.10. The molecule has 0 fully saturated rings. The predicted molar refractivity (Wildman–Crippen MR) is 89.5 cm³/mol. The largest absolute Gasteiger partial charge is 0.241 e. The van der Waals surface area contributed by atoms with E-state index in [4.69, 9.17) is 0 Å². The van der Waals surface area contributed by atoms with E-state index in [0.717, 1.165) is 17.7 Å². The van der Waals surface area contributed by atoms with Gasteiger partial charge in [-0.1, -0.05) is 0 Å². The molecule has 0 spiro atoms. The summed E-state index contributed by atoms with van der Waals surface area (Å²) in [5.41, 5.74) is 0.720. The quantitative estimate of drug-likeness (QED) is 0.701. The topological polar surface area (TPSA) is 76.9 Å². The summed E-state index contributed by atoms with van der Waals surface area (Å²) in [5.74, 6) is 0.0680. The van der Waals surface area contributed by atoms with E-state index < -0.39 is 15.8 Å². The lowest BCUT2D eigenvalue weighted by Gasteiger charge is -2.09. The van der Waals surface area contributed by atoms with Crippen LogP contribution in [0.15, 0.2) is 64.4 Å². The maximum atomic E-state index is 13.1. The third-order valence-corrected chi connectivity index (χ3v) is 5.58. The summed E-state index contributed by atoms with van der Waals surface area (Å²) in [6, 6.07) is 8.62. The van der Waals surface area contributed by atoms with Crippen molar-refractivity contribution in [1.29, 1.82) is 0 Å². The Morgan fingerprint density at radius 3 is 2.75 bits per heavy atom. The molecular weight excluding hydrogens is 399 g/mol. The first-order chi connectivity index (χ1) is 11.5. The van der Waals surface area contributed by atoms with Crippen LogP contribution in [0.4, 0.5) is 4.39 Å². The molecule has 0 radical (unpaired) electrons. The monoisotopic (exact) mass is 410 g/mol. The van der Waals surface area contributed by atoms with Crippen LogP contribution in [0.25, 0.3) is 5.82 Å². The second kappa shape index (κ2) is 6.80. The van der Waals surface area contributed by atoms with Crippen LogP contribution in [0, 0.1) is 5.82 Å². The third kappa shape index (κ3) is 3.69. The highest BCUT2D eigenvalue weighted by atomic mass is 79.9. The van der Waals surface area contributed by atoms with Gasteiger partial charge in [-0.25, -0.2) is 27.2 Å². The number of pyridine rings is 1. The first-order valence-corrected chi connectivity index (χ1v) is 9.13. The van der Waals surface area contributed by atoms with Gasteiger partial charge in [0.15, 0.2) is 5.82 Å². The number of hydrogen-bond acceptors (Lipinski definition) is 4. The van der Waals surface area contributed by atoms with Crippen LogP contribution >= 0.6 is 15.9 Å². The van der Waals surface area contributed by atoms with Crippen LogP contribution < -0.4 is 4.72 Å². The average molecular weight is 411 g/mol. The summed E-state index contributed by atoms with van der Waals surface area (Å²) in [6.45, 7) is 0.0724. The Labute approximate surface area is 146 Å². The van der Waals surface area contributed by atoms with Crippen molar-refractivity contribution in [2.45, 2.75) is 11.4 Å². The van der Waals surface area contributed by atoms with Gasteiger partial charge in [0.25, 0.3) is 0 Å². The Hall–Kier alpha value is -2.10. The predicted octanol–water partition coefficient (Wildman–Crippen LogP) is 2.65. The molecule has 124 valence electrons. The highest BCUT2D eigenvalue weighted by Gasteiger charge is 2.17. The van der Waals surface area contributed by atoms with Crippen LogP contribution in [-0.2, 0) is 16.6 Å². The molecule has 1 aromatic carbocycles. The van der Waals surface area contributed by atoms with Crippen LogP contribution in [0.5, 0.6) is 0 Å². The molecule has 0 saturated carbocycles. The molecule has 0 amide bonds. The van der Waals surface area contributed by atoms with Crippen molar-refractivity contribution < 1.29 is 12.8 Å². The smallest absolute Gasteiger partial charge is 0.237 e. The Morgan fingerprint density at radius 1 is 1.21 bits per heavy atom. The lowest BCUT2D eigenvalue weighted by atomic mass is 10.2. The molecule has 6 nitrogen and oxygen atoms in total. The second-order valence-electron chi connectivity index (χ2n) is 4.87. The van der Waals surface area contributed by atoms with Crippen LogP contribution in [0.3, 0.4) is 0 Å². The Kier molecular flexibility index (Phi) is 4.74. The molecule has 2 aromatic heterocycles. The highest BCUT2D eigenvalue weighted by Crippen LogP contribution is 2.22.